The number of hydrogen-bond acceptors (Lipinski definition) is 3. The monoisotopic (exact) mass is 300 g/mol. The predicted molar refractivity (Wildman–Crippen MR) is 82.3 cm³/mol. The van der Waals surface area contributed by atoms with Crippen molar-refractivity contribution in [1.29, 1.82) is 0 Å². The fourth-order valence-corrected chi connectivity index (χ4v) is 3.05. The Hall–Kier alpha value is -2.27. The molecule has 21 heavy (non-hydrogen) atoms. The number of halogens is 1. The molecule has 0 aliphatic rings. The van der Waals surface area contributed by atoms with Crippen LogP contribution in [0.4, 0.5) is 4.39 Å². The van der Waals surface area contributed by atoms with E-state index in [1.807, 2.05) is 24.4 Å². The summed E-state index contributed by atoms with van der Waals surface area (Å²) in [6, 6.07) is 5.68. The van der Waals surface area contributed by atoms with Crippen molar-refractivity contribution in [3.8, 4) is 0 Å². The lowest BCUT2D eigenvalue weighted by molar-refractivity contribution is 0.104. The lowest BCUT2D eigenvalue weighted by Gasteiger charge is -1.96. The summed E-state index contributed by atoms with van der Waals surface area (Å²) in [5, 5.41) is 0. The van der Waals surface area contributed by atoms with Crippen molar-refractivity contribution in [2.75, 3.05) is 0 Å². The number of carbonyl (C=O) groups excluding carboxylic acids is 1. The van der Waals surface area contributed by atoms with E-state index in [-0.39, 0.29) is 5.78 Å². The van der Waals surface area contributed by atoms with E-state index in [1.165, 1.54) is 24.3 Å². The average molecular weight is 300 g/mol. The third kappa shape index (κ3) is 2.64. The molecule has 1 aromatic carbocycles. The summed E-state index contributed by atoms with van der Waals surface area (Å²) >= 11 is 1.60. The fourth-order valence-electron chi connectivity index (χ4n) is 2.17. The first kappa shape index (κ1) is 13.7. The first-order chi connectivity index (χ1) is 10.0. The normalized spacial score (nSPS) is 11.6. The topological polar surface area (TPSA) is 34.4 Å². The Bertz CT molecular complexity index is 860. The molecule has 0 aliphatic heterocycles. The highest BCUT2D eigenvalue weighted by Gasteiger charge is 2.09. The Morgan fingerprint density at radius 3 is 2.95 bits per heavy atom. The highest BCUT2D eigenvalue weighted by atomic mass is 32.1. The number of ketones is 1. The molecule has 3 rings (SSSR count). The molecule has 0 saturated carbocycles. The third-order valence-electron chi connectivity index (χ3n) is 3.16. The van der Waals surface area contributed by atoms with Crippen molar-refractivity contribution in [3.05, 3.63) is 64.2 Å². The standard InChI is InChI=1S/C16H13FN2OS/c1-10-9-19-14(11(2)18-16(19)21-10)6-7-15(20)12-4-3-5-13(17)8-12/h3-9H,1-2H3/b7-6+. The first-order valence-electron chi connectivity index (χ1n) is 6.47. The molecule has 2 heterocycles. The van der Waals surface area contributed by atoms with Crippen LogP contribution in [0.1, 0.15) is 26.6 Å². The van der Waals surface area contributed by atoms with E-state index in [1.54, 1.807) is 23.5 Å². The van der Waals surface area contributed by atoms with Crippen molar-refractivity contribution >= 4 is 28.2 Å². The van der Waals surface area contributed by atoms with Gasteiger partial charge in [0.2, 0.25) is 0 Å². The van der Waals surface area contributed by atoms with Crippen LogP contribution in [0.2, 0.25) is 0 Å². The van der Waals surface area contributed by atoms with E-state index in [2.05, 4.69) is 4.98 Å². The van der Waals surface area contributed by atoms with Gasteiger partial charge >= 0.3 is 0 Å². The summed E-state index contributed by atoms with van der Waals surface area (Å²) in [6.45, 7) is 3.92. The van der Waals surface area contributed by atoms with Gasteiger partial charge in [-0.05, 0) is 38.1 Å². The van der Waals surface area contributed by atoms with Crippen LogP contribution >= 0.6 is 11.3 Å². The molecule has 0 bridgehead atoms. The molecule has 106 valence electrons. The van der Waals surface area contributed by atoms with E-state index < -0.39 is 5.82 Å². The number of allylic oxidation sites excluding steroid dienone is 1. The molecule has 0 fully saturated rings. The summed E-state index contributed by atoms with van der Waals surface area (Å²) in [4.78, 5) is 18.6. The van der Waals surface area contributed by atoms with Gasteiger partial charge in [0.05, 0.1) is 11.4 Å². The predicted octanol–water partition coefficient (Wildman–Crippen LogP) is 4.05. The van der Waals surface area contributed by atoms with Crippen molar-refractivity contribution in [3.63, 3.8) is 0 Å². The molecular formula is C16H13FN2OS. The molecule has 0 amide bonds. The minimum absolute atomic E-state index is 0.226. The van der Waals surface area contributed by atoms with E-state index in [0.29, 0.717) is 5.56 Å². The number of imidazole rings is 1. The highest BCUT2D eigenvalue weighted by molar-refractivity contribution is 7.17. The van der Waals surface area contributed by atoms with E-state index >= 15 is 0 Å². The summed E-state index contributed by atoms with van der Waals surface area (Å²) in [6.07, 6.45) is 5.18. The average Bonchev–Trinajstić information content (AvgIpc) is 2.91. The number of fused-ring (bicyclic) bond motifs is 1. The molecular weight excluding hydrogens is 287 g/mol. The summed E-state index contributed by atoms with van der Waals surface area (Å²) in [5.74, 6) is -0.638. The van der Waals surface area contributed by atoms with Gasteiger partial charge in [0, 0.05) is 16.6 Å². The molecule has 0 unspecified atom stereocenters. The second-order valence-electron chi connectivity index (χ2n) is 4.78. The Morgan fingerprint density at radius 1 is 1.38 bits per heavy atom. The molecule has 2 aromatic heterocycles. The smallest absolute Gasteiger partial charge is 0.194 e. The van der Waals surface area contributed by atoms with Crippen LogP contribution in [0.5, 0.6) is 0 Å². The molecule has 0 saturated heterocycles. The maximum absolute atomic E-state index is 13.1. The van der Waals surface area contributed by atoms with Gasteiger partial charge in [0.15, 0.2) is 10.7 Å². The number of carbonyl (C=O) groups is 1. The van der Waals surface area contributed by atoms with E-state index in [0.717, 1.165) is 21.2 Å². The fraction of sp³-hybridized carbons (Fsp3) is 0.125. The number of thiazole rings is 1. The molecule has 5 heteroatoms. The SMILES string of the molecule is Cc1cn2c(/C=C/C(=O)c3cccc(F)c3)c(C)nc2s1. The molecule has 0 atom stereocenters. The Balaban J connectivity index is 1.94. The van der Waals surface area contributed by atoms with Gasteiger partial charge in [-0.15, -0.1) is 11.3 Å². The van der Waals surface area contributed by atoms with Gasteiger partial charge in [0.1, 0.15) is 5.82 Å². The van der Waals surface area contributed by atoms with Crippen molar-refractivity contribution in [2.24, 2.45) is 0 Å². The van der Waals surface area contributed by atoms with Crippen LogP contribution in [0, 0.1) is 19.7 Å². The lowest BCUT2D eigenvalue weighted by atomic mass is 10.1. The van der Waals surface area contributed by atoms with Gasteiger partial charge in [-0.1, -0.05) is 12.1 Å². The lowest BCUT2D eigenvalue weighted by Crippen LogP contribution is -1.95. The molecule has 3 aromatic rings. The third-order valence-corrected chi connectivity index (χ3v) is 4.06. The first-order valence-corrected chi connectivity index (χ1v) is 7.29. The number of benzene rings is 1. The molecule has 0 radical (unpaired) electrons. The maximum atomic E-state index is 13.1. The van der Waals surface area contributed by atoms with Crippen LogP contribution in [0.3, 0.4) is 0 Å². The second-order valence-corrected chi connectivity index (χ2v) is 6.00. The van der Waals surface area contributed by atoms with Gasteiger partial charge in [-0.25, -0.2) is 9.37 Å². The number of aryl methyl sites for hydroxylation is 2. The zero-order valence-corrected chi connectivity index (χ0v) is 12.4. The maximum Gasteiger partial charge on any atom is 0.194 e. The van der Waals surface area contributed by atoms with Crippen LogP contribution in [-0.2, 0) is 0 Å². The number of aromatic nitrogens is 2. The second kappa shape index (κ2) is 5.26. The van der Waals surface area contributed by atoms with Gasteiger partial charge in [0.25, 0.3) is 0 Å². The highest BCUT2D eigenvalue weighted by Crippen LogP contribution is 2.21. The Kier molecular flexibility index (Phi) is 3.43. The summed E-state index contributed by atoms with van der Waals surface area (Å²) in [7, 11) is 0. The molecule has 0 spiro atoms. The van der Waals surface area contributed by atoms with Crippen LogP contribution in [0.25, 0.3) is 11.0 Å². The van der Waals surface area contributed by atoms with E-state index in [9.17, 15) is 9.18 Å². The van der Waals surface area contributed by atoms with Gasteiger partial charge in [-0.2, -0.15) is 0 Å². The molecule has 3 nitrogen and oxygen atoms in total. The minimum Gasteiger partial charge on any atom is -0.290 e. The van der Waals surface area contributed by atoms with Crippen LogP contribution in [-0.4, -0.2) is 15.2 Å². The van der Waals surface area contributed by atoms with E-state index in [4.69, 9.17) is 0 Å². The quantitative estimate of drug-likeness (QED) is 0.540. The largest absolute Gasteiger partial charge is 0.290 e. The summed E-state index contributed by atoms with van der Waals surface area (Å²) < 4.78 is 15.1. The Labute approximate surface area is 125 Å². The number of nitrogens with zero attached hydrogens (tertiary/aromatic N) is 2. The van der Waals surface area contributed by atoms with Gasteiger partial charge in [-0.3, -0.25) is 9.20 Å². The van der Waals surface area contributed by atoms with Crippen molar-refractivity contribution in [2.45, 2.75) is 13.8 Å². The number of rotatable bonds is 3. The minimum atomic E-state index is -0.411. The molecule has 0 aliphatic carbocycles. The zero-order chi connectivity index (χ0) is 15.0. The van der Waals surface area contributed by atoms with Crippen molar-refractivity contribution < 1.29 is 9.18 Å². The van der Waals surface area contributed by atoms with Crippen LogP contribution in [0.15, 0.2) is 36.5 Å². The van der Waals surface area contributed by atoms with Crippen LogP contribution < -0.4 is 0 Å². The summed E-state index contributed by atoms with van der Waals surface area (Å²) in [5.41, 5.74) is 2.08. The number of hydrogen-bond donors (Lipinski definition) is 0. The zero-order valence-electron chi connectivity index (χ0n) is 11.6. The van der Waals surface area contributed by atoms with Gasteiger partial charge < -0.3 is 0 Å². The molecule has 0 N–H and O–H groups in total. The Morgan fingerprint density at radius 2 is 2.19 bits per heavy atom. The van der Waals surface area contributed by atoms with Crippen molar-refractivity contribution in [1.82, 2.24) is 9.38 Å².